The molecule has 2 aromatic rings. The second-order valence-corrected chi connectivity index (χ2v) is 6.33. The second-order valence-electron chi connectivity index (χ2n) is 6.33. The number of benzene rings is 2. The molecule has 24 heavy (non-hydrogen) atoms. The molecule has 0 aliphatic carbocycles. The average molecular weight is 322 g/mol. The highest BCUT2D eigenvalue weighted by molar-refractivity contribution is 5.89. The molecule has 126 valence electrons. The molecule has 0 aliphatic heterocycles. The lowest BCUT2D eigenvalue weighted by atomic mass is 9.77. The van der Waals surface area contributed by atoms with Crippen molar-refractivity contribution in [3.8, 4) is 0 Å². The molecule has 0 aliphatic rings. The number of esters is 1. The van der Waals surface area contributed by atoms with E-state index in [9.17, 15) is 4.79 Å². The summed E-state index contributed by atoms with van der Waals surface area (Å²) in [6.45, 7) is 4.47. The van der Waals surface area contributed by atoms with Crippen LogP contribution in [0.5, 0.6) is 0 Å². The van der Waals surface area contributed by atoms with Crippen LogP contribution in [0.4, 0.5) is 0 Å². The molecule has 0 N–H and O–H groups in total. The quantitative estimate of drug-likeness (QED) is 0.617. The fourth-order valence-corrected chi connectivity index (χ4v) is 2.82. The first kappa shape index (κ1) is 18.0. The number of hydrogen-bond acceptors (Lipinski definition) is 2. The third-order valence-electron chi connectivity index (χ3n) is 4.46. The van der Waals surface area contributed by atoms with E-state index in [0.717, 1.165) is 19.3 Å². The van der Waals surface area contributed by atoms with Crippen molar-refractivity contribution in [1.29, 1.82) is 0 Å². The number of rotatable bonds is 7. The summed E-state index contributed by atoms with van der Waals surface area (Å²) in [5.41, 5.74) is 2.95. The van der Waals surface area contributed by atoms with Crippen molar-refractivity contribution in [2.75, 3.05) is 7.11 Å². The Morgan fingerprint density at radius 3 is 2.33 bits per heavy atom. The van der Waals surface area contributed by atoms with Crippen LogP contribution in [0.1, 0.15) is 54.6 Å². The van der Waals surface area contributed by atoms with Crippen LogP contribution in [0, 0.1) is 0 Å². The zero-order chi connectivity index (χ0) is 17.4. The van der Waals surface area contributed by atoms with Gasteiger partial charge in [0, 0.05) is 5.41 Å². The minimum absolute atomic E-state index is 0.0551. The van der Waals surface area contributed by atoms with Gasteiger partial charge in [0.15, 0.2) is 0 Å². The predicted molar refractivity (Wildman–Crippen MR) is 100 cm³/mol. The van der Waals surface area contributed by atoms with Gasteiger partial charge in [0.25, 0.3) is 0 Å². The van der Waals surface area contributed by atoms with Gasteiger partial charge in [-0.2, -0.15) is 0 Å². The summed E-state index contributed by atoms with van der Waals surface area (Å²) in [7, 11) is 1.41. The number of allylic oxidation sites excluding steroid dienone is 1. The maximum Gasteiger partial charge on any atom is 0.337 e. The summed E-state index contributed by atoms with van der Waals surface area (Å²) >= 11 is 0. The van der Waals surface area contributed by atoms with Crippen LogP contribution < -0.4 is 0 Å². The van der Waals surface area contributed by atoms with Crippen molar-refractivity contribution in [2.24, 2.45) is 0 Å². The van der Waals surface area contributed by atoms with Crippen LogP contribution in [0.25, 0.3) is 6.08 Å². The van der Waals surface area contributed by atoms with Crippen LogP contribution in [0.3, 0.4) is 0 Å². The minimum Gasteiger partial charge on any atom is -0.465 e. The molecule has 1 atom stereocenters. The van der Waals surface area contributed by atoms with E-state index in [4.69, 9.17) is 4.74 Å². The Hall–Kier alpha value is -2.35. The fraction of sp³-hybridized carbons (Fsp3) is 0.318. The number of unbranched alkanes of at least 4 members (excludes halogenated alkanes) is 1. The molecule has 0 fully saturated rings. The molecule has 0 unspecified atom stereocenters. The molecule has 0 saturated heterocycles. The SMILES string of the molecule is CCCC[C@@](C)(/C=C/c1ccccc1)c1ccc(C(=O)OC)cc1. The summed E-state index contributed by atoms with van der Waals surface area (Å²) in [5.74, 6) is -0.295. The second kappa shape index (κ2) is 8.49. The molecule has 0 aromatic heterocycles. The van der Waals surface area contributed by atoms with Crippen molar-refractivity contribution in [1.82, 2.24) is 0 Å². The third-order valence-corrected chi connectivity index (χ3v) is 4.46. The monoisotopic (exact) mass is 322 g/mol. The number of methoxy groups -OCH3 is 1. The number of carbonyl (C=O) groups excluding carboxylic acids is 1. The first-order valence-electron chi connectivity index (χ1n) is 8.52. The minimum atomic E-state index is -0.295. The Morgan fingerprint density at radius 1 is 1.08 bits per heavy atom. The maximum atomic E-state index is 11.6. The summed E-state index contributed by atoms with van der Waals surface area (Å²) in [6, 6.07) is 18.1. The van der Waals surface area contributed by atoms with Crippen LogP contribution in [-0.4, -0.2) is 13.1 Å². The Labute approximate surface area is 145 Å². The highest BCUT2D eigenvalue weighted by Crippen LogP contribution is 2.32. The van der Waals surface area contributed by atoms with E-state index < -0.39 is 0 Å². The van der Waals surface area contributed by atoms with E-state index in [0.29, 0.717) is 5.56 Å². The summed E-state index contributed by atoms with van der Waals surface area (Å²) in [6.07, 6.45) is 7.86. The summed E-state index contributed by atoms with van der Waals surface area (Å²) in [4.78, 5) is 11.6. The Morgan fingerprint density at radius 2 is 1.75 bits per heavy atom. The molecular formula is C22H26O2. The first-order valence-corrected chi connectivity index (χ1v) is 8.52. The lowest BCUT2D eigenvalue weighted by Gasteiger charge is -2.27. The van der Waals surface area contributed by atoms with Gasteiger partial charge in [0.05, 0.1) is 12.7 Å². The molecule has 0 bridgehead atoms. The van der Waals surface area contributed by atoms with Crippen molar-refractivity contribution in [2.45, 2.75) is 38.5 Å². The van der Waals surface area contributed by atoms with Crippen molar-refractivity contribution in [3.63, 3.8) is 0 Å². The highest BCUT2D eigenvalue weighted by atomic mass is 16.5. The first-order chi connectivity index (χ1) is 11.6. The van der Waals surface area contributed by atoms with E-state index in [1.807, 2.05) is 42.5 Å². The number of carbonyl (C=O) groups is 1. The average Bonchev–Trinajstić information content (AvgIpc) is 2.65. The van der Waals surface area contributed by atoms with E-state index in [1.54, 1.807) is 0 Å². The lowest BCUT2D eigenvalue weighted by molar-refractivity contribution is 0.0600. The van der Waals surface area contributed by atoms with Gasteiger partial charge < -0.3 is 4.74 Å². The molecule has 2 nitrogen and oxygen atoms in total. The van der Waals surface area contributed by atoms with E-state index in [1.165, 1.54) is 18.2 Å². The Kier molecular flexibility index (Phi) is 6.36. The van der Waals surface area contributed by atoms with Gasteiger partial charge in [-0.25, -0.2) is 4.79 Å². The Bertz CT molecular complexity index is 671. The van der Waals surface area contributed by atoms with E-state index in [2.05, 4.69) is 38.1 Å². The molecule has 0 spiro atoms. The third kappa shape index (κ3) is 4.58. The van der Waals surface area contributed by atoms with E-state index >= 15 is 0 Å². The topological polar surface area (TPSA) is 26.3 Å². The van der Waals surface area contributed by atoms with Gasteiger partial charge in [-0.3, -0.25) is 0 Å². The van der Waals surface area contributed by atoms with Gasteiger partial charge >= 0.3 is 5.97 Å². The zero-order valence-corrected chi connectivity index (χ0v) is 14.8. The van der Waals surface area contributed by atoms with Crippen molar-refractivity contribution >= 4 is 12.0 Å². The lowest BCUT2D eigenvalue weighted by Crippen LogP contribution is -2.19. The maximum absolute atomic E-state index is 11.6. The zero-order valence-electron chi connectivity index (χ0n) is 14.8. The van der Waals surface area contributed by atoms with Crippen LogP contribution in [0.2, 0.25) is 0 Å². The van der Waals surface area contributed by atoms with Gasteiger partial charge in [-0.1, -0.05) is 81.3 Å². The molecule has 2 heteroatoms. The molecule has 0 amide bonds. The fourth-order valence-electron chi connectivity index (χ4n) is 2.82. The predicted octanol–water partition coefficient (Wildman–Crippen LogP) is 5.63. The molecule has 2 aromatic carbocycles. The number of ether oxygens (including phenoxy) is 1. The van der Waals surface area contributed by atoms with Gasteiger partial charge in [-0.15, -0.1) is 0 Å². The smallest absolute Gasteiger partial charge is 0.337 e. The standard InChI is InChI=1S/C22H26O2/c1-4-5-16-22(2,17-15-18-9-7-6-8-10-18)20-13-11-19(12-14-20)21(23)24-3/h6-15,17H,4-5,16H2,1-3H3/b17-15+/t22-/m0/s1. The van der Waals surface area contributed by atoms with Crippen LogP contribution in [0.15, 0.2) is 60.7 Å². The van der Waals surface area contributed by atoms with Crippen LogP contribution in [-0.2, 0) is 10.2 Å². The van der Waals surface area contributed by atoms with Gasteiger partial charge in [0.1, 0.15) is 0 Å². The van der Waals surface area contributed by atoms with E-state index in [-0.39, 0.29) is 11.4 Å². The van der Waals surface area contributed by atoms with Gasteiger partial charge in [0.2, 0.25) is 0 Å². The molecule has 0 saturated carbocycles. The molecule has 0 heterocycles. The highest BCUT2D eigenvalue weighted by Gasteiger charge is 2.23. The summed E-state index contributed by atoms with van der Waals surface area (Å²) < 4.78 is 4.78. The molecular weight excluding hydrogens is 296 g/mol. The number of hydrogen-bond donors (Lipinski definition) is 0. The molecule has 2 rings (SSSR count). The van der Waals surface area contributed by atoms with Crippen molar-refractivity contribution in [3.05, 3.63) is 77.4 Å². The normalized spacial score (nSPS) is 13.6. The molecule has 0 radical (unpaired) electrons. The van der Waals surface area contributed by atoms with Crippen molar-refractivity contribution < 1.29 is 9.53 Å². The van der Waals surface area contributed by atoms with Gasteiger partial charge in [-0.05, 0) is 29.7 Å². The van der Waals surface area contributed by atoms with Crippen LogP contribution >= 0.6 is 0 Å². The largest absolute Gasteiger partial charge is 0.465 e. The summed E-state index contributed by atoms with van der Waals surface area (Å²) in [5, 5.41) is 0. The Balaban J connectivity index is 2.29.